The van der Waals surface area contributed by atoms with Gasteiger partial charge in [0, 0.05) is 6.54 Å². The fraction of sp³-hybridized carbons (Fsp3) is 0.750. The molecule has 2 atom stereocenters. The molecule has 0 radical (unpaired) electrons. The van der Waals surface area contributed by atoms with Crippen LogP contribution in [0, 0.1) is 17.8 Å². The minimum Gasteiger partial charge on any atom is -0.444 e. The maximum Gasteiger partial charge on any atom is 0.410 e. The highest BCUT2D eigenvalue weighted by Gasteiger charge is 2.35. The van der Waals surface area contributed by atoms with E-state index in [1.807, 2.05) is 20.8 Å². The fourth-order valence-electron chi connectivity index (χ4n) is 1.59. The van der Waals surface area contributed by atoms with Gasteiger partial charge in [-0.3, -0.25) is 0 Å². The van der Waals surface area contributed by atoms with Crippen molar-refractivity contribution in [2.45, 2.75) is 39.4 Å². The molecule has 1 aliphatic heterocycles. The van der Waals surface area contributed by atoms with Gasteiger partial charge in [-0.1, -0.05) is 5.92 Å². The molecule has 90 valence electrons. The van der Waals surface area contributed by atoms with Crippen molar-refractivity contribution in [3.63, 3.8) is 0 Å². The number of aliphatic hydroxyl groups excluding tert-OH is 1. The van der Waals surface area contributed by atoms with Gasteiger partial charge in [0.25, 0.3) is 0 Å². The van der Waals surface area contributed by atoms with E-state index in [2.05, 4.69) is 11.8 Å². The summed E-state index contributed by atoms with van der Waals surface area (Å²) in [5.41, 5.74) is -0.503. The van der Waals surface area contributed by atoms with Crippen LogP contribution in [0.2, 0.25) is 0 Å². The lowest BCUT2D eigenvalue weighted by Crippen LogP contribution is -2.35. The minimum absolute atomic E-state index is 0.155. The first-order valence-electron chi connectivity index (χ1n) is 5.42. The van der Waals surface area contributed by atoms with Crippen molar-refractivity contribution >= 4 is 6.09 Å². The van der Waals surface area contributed by atoms with Gasteiger partial charge in [-0.05, 0) is 27.7 Å². The van der Waals surface area contributed by atoms with Gasteiger partial charge < -0.3 is 14.7 Å². The molecule has 16 heavy (non-hydrogen) atoms. The zero-order chi connectivity index (χ0) is 12.3. The Morgan fingerprint density at radius 1 is 1.44 bits per heavy atom. The quantitative estimate of drug-likeness (QED) is 0.631. The summed E-state index contributed by atoms with van der Waals surface area (Å²) < 4.78 is 5.22. The number of amides is 1. The van der Waals surface area contributed by atoms with Crippen LogP contribution >= 0.6 is 0 Å². The van der Waals surface area contributed by atoms with Gasteiger partial charge in [-0.25, -0.2) is 4.79 Å². The highest BCUT2D eigenvalue weighted by molar-refractivity contribution is 5.68. The predicted molar refractivity (Wildman–Crippen MR) is 60.8 cm³/mol. The Kier molecular flexibility index (Phi) is 3.82. The first kappa shape index (κ1) is 12.9. The van der Waals surface area contributed by atoms with E-state index in [0.29, 0.717) is 13.1 Å². The number of nitrogens with zero attached hydrogens (tertiary/aromatic N) is 1. The maximum atomic E-state index is 11.7. The predicted octanol–water partition coefficient (Wildman–Crippen LogP) is 1.24. The lowest BCUT2D eigenvalue weighted by atomic mass is 10.1. The van der Waals surface area contributed by atoms with E-state index < -0.39 is 11.7 Å². The summed E-state index contributed by atoms with van der Waals surface area (Å²) in [5.74, 6) is 5.50. The van der Waals surface area contributed by atoms with E-state index in [1.165, 1.54) is 4.90 Å². The summed E-state index contributed by atoms with van der Waals surface area (Å²) in [7, 11) is 0. The SMILES string of the molecule is CC#CC1CN(C(=O)OC(C)(C)C)CC1O. The van der Waals surface area contributed by atoms with E-state index in [9.17, 15) is 9.90 Å². The highest BCUT2D eigenvalue weighted by Crippen LogP contribution is 2.19. The Morgan fingerprint density at radius 2 is 2.06 bits per heavy atom. The van der Waals surface area contributed by atoms with E-state index in [0.717, 1.165) is 0 Å². The Hall–Kier alpha value is -1.21. The molecule has 0 spiro atoms. The van der Waals surface area contributed by atoms with Crippen LogP contribution in [0.3, 0.4) is 0 Å². The minimum atomic E-state index is -0.569. The largest absolute Gasteiger partial charge is 0.444 e. The van der Waals surface area contributed by atoms with Crippen LogP contribution in [0.4, 0.5) is 4.79 Å². The van der Waals surface area contributed by atoms with Crippen molar-refractivity contribution in [1.82, 2.24) is 4.90 Å². The number of ether oxygens (including phenoxy) is 1. The standard InChI is InChI=1S/C12H19NO3/c1-5-6-9-7-13(8-10(9)14)11(15)16-12(2,3)4/h9-10,14H,7-8H2,1-4H3. The maximum absolute atomic E-state index is 11.7. The van der Waals surface area contributed by atoms with Crippen LogP contribution in [0.5, 0.6) is 0 Å². The molecular weight excluding hydrogens is 206 g/mol. The second-order valence-corrected chi connectivity index (χ2v) is 4.95. The van der Waals surface area contributed by atoms with E-state index >= 15 is 0 Å². The number of hydrogen-bond donors (Lipinski definition) is 1. The van der Waals surface area contributed by atoms with Crippen molar-refractivity contribution in [1.29, 1.82) is 0 Å². The van der Waals surface area contributed by atoms with Gasteiger partial charge in [0.05, 0.1) is 18.6 Å². The smallest absolute Gasteiger partial charge is 0.410 e. The molecule has 2 unspecified atom stereocenters. The zero-order valence-electron chi connectivity index (χ0n) is 10.3. The van der Waals surface area contributed by atoms with E-state index in [4.69, 9.17) is 4.74 Å². The van der Waals surface area contributed by atoms with Gasteiger partial charge in [0.15, 0.2) is 0 Å². The molecule has 4 heteroatoms. The van der Waals surface area contributed by atoms with Gasteiger partial charge >= 0.3 is 6.09 Å². The Balaban J connectivity index is 2.57. The molecule has 0 aromatic carbocycles. The van der Waals surface area contributed by atoms with Crippen molar-refractivity contribution in [3.8, 4) is 11.8 Å². The lowest BCUT2D eigenvalue weighted by molar-refractivity contribution is 0.0270. The van der Waals surface area contributed by atoms with Gasteiger partial charge in [0.2, 0.25) is 0 Å². The second kappa shape index (κ2) is 4.75. The molecule has 0 aromatic heterocycles. The Bertz CT molecular complexity index is 321. The number of β-amino-alcohol motifs (C(OH)–C–C–N with tert-alkyl or cyclic N) is 1. The average Bonchev–Trinajstić information content (AvgIpc) is 2.46. The molecule has 1 saturated heterocycles. The molecular formula is C12H19NO3. The summed E-state index contributed by atoms with van der Waals surface area (Å²) >= 11 is 0. The topological polar surface area (TPSA) is 49.8 Å². The summed E-state index contributed by atoms with van der Waals surface area (Å²) in [6.45, 7) is 7.93. The third kappa shape index (κ3) is 3.42. The number of rotatable bonds is 0. The Morgan fingerprint density at radius 3 is 2.56 bits per heavy atom. The summed E-state index contributed by atoms with van der Waals surface area (Å²) in [6.07, 6.45) is -0.952. The number of likely N-dealkylation sites (tertiary alicyclic amines) is 1. The van der Waals surface area contributed by atoms with Gasteiger partial charge in [-0.2, -0.15) is 0 Å². The first-order valence-corrected chi connectivity index (χ1v) is 5.42. The third-order valence-electron chi connectivity index (χ3n) is 2.27. The van der Waals surface area contributed by atoms with Crippen molar-refractivity contribution in [2.75, 3.05) is 13.1 Å². The third-order valence-corrected chi connectivity index (χ3v) is 2.27. The van der Waals surface area contributed by atoms with Gasteiger partial charge in [0.1, 0.15) is 5.60 Å². The molecule has 0 saturated carbocycles. The van der Waals surface area contributed by atoms with Crippen molar-refractivity contribution < 1.29 is 14.6 Å². The van der Waals surface area contributed by atoms with Crippen LogP contribution in [0.25, 0.3) is 0 Å². The molecule has 0 aromatic rings. The summed E-state index contributed by atoms with van der Waals surface area (Å²) in [5, 5.41) is 9.69. The van der Waals surface area contributed by atoms with Crippen LogP contribution in [0.15, 0.2) is 0 Å². The van der Waals surface area contributed by atoms with E-state index in [-0.39, 0.29) is 12.0 Å². The molecule has 0 aliphatic carbocycles. The fourth-order valence-corrected chi connectivity index (χ4v) is 1.59. The number of aliphatic hydroxyl groups is 1. The molecule has 1 aliphatic rings. The van der Waals surface area contributed by atoms with Crippen molar-refractivity contribution in [2.24, 2.45) is 5.92 Å². The molecule has 1 rings (SSSR count). The van der Waals surface area contributed by atoms with Crippen molar-refractivity contribution in [3.05, 3.63) is 0 Å². The molecule has 4 nitrogen and oxygen atoms in total. The molecule has 0 bridgehead atoms. The van der Waals surface area contributed by atoms with Crippen LogP contribution in [0.1, 0.15) is 27.7 Å². The average molecular weight is 225 g/mol. The summed E-state index contributed by atoms with van der Waals surface area (Å²) in [4.78, 5) is 13.2. The highest BCUT2D eigenvalue weighted by atomic mass is 16.6. The number of carbonyl (C=O) groups is 1. The van der Waals surface area contributed by atoms with E-state index in [1.54, 1.807) is 6.92 Å². The summed E-state index contributed by atoms with van der Waals surface area (Å²) in [6, 6.07) is 0. The monoisotopic (exact) mass is 225 g/mol. The lowest BCUT2D eigenvalue weighted by Gasteiger charge is -2.24. The second-order valence-electron chi connectivity index (χ2n) is 4.95. The first-order chi connectivity index (χ1) is 7.33. The number of hydrogen-bond acceptors (Lipinski definition) is 3. The van der Waals surface area contributed by atoms with Gasteiger partial charge in [-0.15, -0.1) is 5.92 Å². The normalized spacial score (nSPS) is 24.9. The van der Waals surface area contributed by atoms with Crippen LogP contribution < -0.4 is 0 Å². The number of carbonyl (C=O) groups excluding carboxylic acids is 1. The van der Waals surface area contributed by atoms with Crippen LogP contribution in [-0.2, 0) is 4.74 Å². The zero-order valence-corrected chi connectivity index (χ0v) is 10.3. The molecule has 1 heterocycles. The molecule has 1 fully saturated rings. The molecule has 1 amide bonds. The molecule has 1 N–H and O–H groups in total. The Labute approximate surface area is 96.6 Å². The van der Waals surface area contributed by atoms with Crippen LogP contribution in [-0.4, -0.2) is 40.9 Å².